The zero-order chi connectivity index (χ0) is 28.0. The summed E-state index contributed by atoms with van der Waals surface area (Å²) in [6, 6.07) is 4.94. The second-order valence-corrected chi connectivity index (χ2v) is 10.1. The Bertz CT molecular complexity index is 1300. The van der Waals surface area contributed by atoms with E-state index in [0.717, 1.165) is 12.1 Å². The molecule has 1 aliphatic heterocycles. The number of aliphatic hydroxyl groups is 1. The van der Waals surface area contributed by atoms with Crippen LogP contribution < -0.4 is 10.0 Å². The van der Waals surface area contributed by atoms with Crippen LogP contribution in [0.4, 0.5) is 32.0 Å². The number of hydrogen-bond donors (Lipinski definition) is 3. The number of alkyl halides is 6. The summed E-state index contributed by atoms with van der Waals surface area (Å²) in [6.07, 6.45) is -11.9. The van der Waals surface area contributed by atoms with Crippen LogP contribution in [0.5, 0.6) is 0 Å². The molecule has 3 N–H and O–H groups in total. The minimum Gasteiger partial charge on any atom is -0.369 e. The number of hydrogen-bond acceptors (Lipinski definition) is 5. The minimum atomic E-state index is -6.07. The van der Waals surface area contributed by atoms with Gasteiger partial charge >= 0.3 is 12.4 Å². The van der Waals surface area contributed by atoms with Gasteiger partial charge in [-0.2, -0.15) is 26.3 Å². The number of fused-ring (bicyclic) bond motifs is 1. The summed E-state index contributed by atoms with van der Waals surface area (Å²) in [6.45, 7) is 1.25. The van der Waals surface area contributed by atoms with Crippen molar-refractivity contribution in [2.75, 3.05) is 18.9 Å². The molecule has 0 aromatic heterocycles. The van der Waals surface area contributed by atoms with Crippen molar-refractivity contribution in [2.45, 2.75) is 42.2 Å². The molecule has 2 aromatic rings. The van der Waals surface area contributed by atoms with Gasteiger partial charge in [-0.05, 0) is 48.9 Å². The maximum atomic E-state index is 13.1. The highest BCUT2D eigenvalue weighted by molar-refractivity contribution is 7.89. The van der Waals surface area contributed by atoms with E-state index in [4.69, 9.17) is 0 Å². The van der Waals surface area contributed by atoms with E-state index in [0.29, 0.717) is 23.3 Å². The highest BCUT2D eigenvalue weighted by Crippen LogP contribution is 2.50. The molecule has 15 heteroatoms. The Morgan fingerprint density at radius 3 is 2.05 bits per heavy atom. The van der Waals surface area contributed by atoms with Crippen LogP contribution in [0.25, 0.3) is 0 Å². The lowest BCUT2D eigenvalue weighted by atomic mass is 9.91. The van der Waals surface area contributed by atoms with E-state index >= 15 is 0 Å². The fraction of sp³-hybridized carbons (Fsp3) is 0.364. The maximum absolute atomic E-state index is 13.1. The van der Waals surface area contributed by atoms with Crippen molar-refractivity contribution in [3.8, 4) is 0 Å². The number of anilines is 1. The van der Waals surface area contributed by atoms with Crippen LogP contribution in [-0.4, -0.2) is 56.2 Å². The number of benzene rings is 2. The van der Waals surface area contributed by atoms with E-state index in [-0.39, 0.29) is 23.5 Å². The van der Waals surface area contributed by atoms with Crippen molar-refractivity contribution < 1.29 is 49.5 Å². The normalized spacial score (nSPS) is 16.8. The molecule has 0 aliphatic carbocycles. The fourth-order valence-electron chi connectivity index (χ4n) is 4.00. The van der Waals surface area contributed by atoms with Gasteiger partial charge in [0.05, 0.1) is 4.90 Å². The predicted molar refractivity (Wildman–Crippen MR) is 118 cm³/mol. The number of halogens is 6. The molecule has 1 heterocycles. The van der Waals surface area contributed by atoms with Crippen molar-refractivity contribution in [2.24, 2.45) is 0 Å². The number of nitrogens with one attached hydrogen (secondary N) is 2. The Kier molecular flexibility index (Phi) is 7.38. The molecule has 0 radical (unpaired) electrons. The summed E-state index contributed by atoms with van der Waals surface area (Å²) in [5.41, 5.74) is -6.07. The Balaban J connectivity index is 1.95. The molecule has 0 saturated heterocycles. The van der Waals surface area contributed by atoms with Gasteiger partial charge in [0.15, 0.2) is 0 Å². The number of amides is 2. The van der Waals surface area contributed by atoms with Gasteiger partial charge < -0.3 is 15.3 Å². The van der Waals surface area contributed by atoms with Crippen LogP contribution in [0.15, 0.2) is 47.4 Å². The molecule has 2 aromatic carbocycles. The van der Waals surface area contributed by atoms with Crippen LogP contribution in [0.2, 0.25) is 0 Å². The molecule has 202 valence electrons. The zero-order valence-corrected chi connectivity index (χ0v) is 20.1. The fourth-order valence-corrected chi connectivity index (χ4v) is 4.78. The predicted octanol–water partition coefficient (Wildman–Crippen LogP) is 2.99. The Morgan fingerprint density at radius 1 is 1.00 bits per heavy atom. The van der Waals surface area contributed by atoms with Gasteiger partial charge in [-0.15, -0.1) is 0 Å². The lowest BCUT2D eigenvalue weighted by Crippen LogP contribution is -2.53. The third-order valence-electron chi connectivity index (χ3n) is 5.97. The van der Waals surface area contributed by atoms with Gasteiger partial charge in [0, 0.05) is 24.7 Å². The highest BCUT2D eigenvalue weighted by atomic mass is 32.2. The summed E-state index contributed by atoms with van der Waals surface area (Å²) in [5.74, 6) is -1.33. The number of rotatable bonds is 5. The molecular formula is C22H21F6N3O5S. The van der Waals surface area contributed by atoms with Crippen molar-refractivity contribution in [3.05, 3.63) is 59.2 Å². The summed E-state index contributed by atoms with van der Waals surface area (Å²) in [7, 11) is -2.58. The van der Waals surface area contributed by atoms with Gasteiger partial charge in [-0.3, -0.25) is 9.59 Å². The summed E-state index contributed by atoms with van der Waals surface area (Å²) >= 11 is 0. The summed E-state index contributed by atoms with van der Waals surface area (Å²) in [5, 5.41) is 11.8. The number of carbonyl (C=O) groups excluding carboxylic acids is 2. The average molecular weight is 553 g/mol. The summed E-state index contributed by atoms with van der Waals surface area (Å²) in [4.78, 5) is 26.5. The van der Waals surface area contributed by atoms with Gasteiger partial charge in [0.25, 0.3) is 11.5 Å². The first-order valence-electron chi connectivity index (χ1n) is 10.5. The van der Waals surface area contributed by atoms with E-state index in [1.807, 2.05) is 0 Å². The Hall–Kier alpha value is -3.17. The molecule has 1 atom stereocenters. The third kappa shape index (κ3) is 5.15. The zero-order valence-electron chi connectivity index (χ0n) is 19.2. The van der Waals surface area contributed by atoms with Gasteiger partial charge in [-0.25, -0.2) is 13.1 Å². The minimum absolute atomic E-state index is 0.0482. The highest BCUT2D eigenvalue weighted by Gasteiger charge is 2.71. The molecule has 8 nitrogen and oxygen atoms in total. The van der Waals surface area contributed by atoms with Crippen molar-refractivity contribution >= 4 is 27.5 Å². The number of sulfonamides is 1. The van der Waals surface area contributed by atoms with Crippen LogP contribution in [0.1, 0.15) is 29.7 Å². The SMILES string of the molecule is CNS(=O)(=O)c1ccc2c(c1)CCN(C(C)=O)C2C(=O)Nc1ccc(C(O)(C(F)(F)F)C(F)(F)F)cc1. The first kappa shape index (κ1) is 28.4. The van der Waals surface area contributed by atoms with E-state index in [9.17, 15) is 49.5 Å². The second kappa shape index (κ2) is 9.61. The summed E-state index contributed by atoms with van der Waals surface area (Å²) < 4.78 is 105. The lowest BCUT2D eigenvalue weighted by Gasteiger charge is -2.36. The maximum Gasteiger partial charge on any atom is 0.430 e. The average Bonchev–Trinajstić information content (AvgIpc) is 2.81. The Morgan fingerprint density at radius 2 is 1.57 bits per heavy atom. The molecule has 0 fully saturated rings. The molecule has 2 amide bonds. The molecular weight excluding hydrogens is 532 g/mol. The van der Waals surface area contributed by atoms with E-state index in [1.165, 1.54) is 37.1 Å². The molecule has 37 heavy (non-hydrogen) atoms. The van der Waals surface area contributed by atoms with Crippen molar-refractivity contribution in [3.63, 3.8) is 0 Å². The topological polar surface area (TPSA) is 116 Å². The van der Waals surface area contributed by atoms with Crippen molar-refractivity contribution in [1.29, 1.82) is 0 Å². The molecule has 1 aliphatic rings. The molecule has 0 saturated carbocycles. The van der Waals surface area contributed by atoms with Gasteiger partial charge in [0.2, 0.25) is 15.9 Å². The first-order valence-corrected chi connectivity index (χ1v) is 12.0. The quantitative estimate of drug-likeness (QED) is 0.493. The Labute approximate surface area is 207 Å². The lowest BCUT2D eigenvalue weighted by molar-refractivity contribution is -0.376. The molecule has 0 spiro atoms. The standard InChI is InChI=1S/C22H21F6N3O5S/c1-12(32)31-10-9-13-11-16(37(35,36)29-2)7-8-17(13)18(31)19(33)30-15-5-3-14(4-6-15)20(34,21(23,24)25)22(26,27)28/h3-8,11,18,29,34H,9-10H2,1-2H3,(H,30,33). The molecule has 0 bridgehead atoms. The molecule has 3 rings (SSSR count). The molecule has 1 unspecified atom stereocenters. The monoisotopic (exact) mass is 553 g/mol. The van der Waals surface area contributed by atoms with E-state index in [1.54, 1.807) is 0 Å². The van der Waals surface area contributed by atoms with Crippen LogP contribution in [0, 0.1) is 0 Å². The van der Waals surface area contributed by atoms with Crippen LogP contribution >= 0.6 is 0 Å². The van der Waals surface area contributed by atoms with Crippen LogP contribution in [0.3, 0.4) is 0 Å². The van der Waals surface area contributed by atoms with E-state index in [2.05, 4.69) is 10.0 Å². The van der Waals surface area contributed by atoms with Gasteiger partial charge in [-0.1, -0.05) is 18.2 Å². The largest absolute Gasteiger partial charge is 0.430 e. The van der Waals surface area contributed by atoms with E-state index < -0.39 is 51.4 Å². The van der Waals surface area contributed by atoms with Gasteiger partial charge in [0.1, 0.15) is 6.04 Å². The van der Waals surface area contributed by atoms with Crippen molar-refractivity contribution in [1.82, 2.24) is 9.62 Å². The first-order chi connectivity index (χ1) is 16.9. The van der Waals surface area contributed by atoms with Crippen LogP contribution in [-0.2, 0) is 31.6 Å². The third-order valence-corrected chi connectivity index (χ3v) is 7.38. The number of nitrogens with zero attached hydrogens (tertiary/aromatic N) is 1. The smallest absolute Gasteiger partial charge is 0.369 e. The number of carbonyl (C=O) groups is 2. The second-order valence-electron chi connectivity index (χ2n) is 8.21.